The summed E-state index contributed by atoms with van der Waals surface area (Å²) >= 11 is 0. The van der Waals surface area contributed by atoms with Gasteiger partial charge in [-0.2, -0.15) is 0 Å². The normalized spacial score (nSPS) is 16.1. The number of sulfonamides is 1. The molecule has 1 aromatic carbocycles. The van der Waals surface area contributed by atoms with E-state index in [4.69, 9.17) is 4.74 Å². The molecule has 1 N–H and O–H groups in total. The maximum absolute atomic E-state index is 13.0. The van der Waals surface area contributed by atoms with Crippen molar-refractivity contribution >= 4 is 16.0 Å². The fraction of sp³-hybridized carbons (Fsp3) is 0.562. The molecule has 0 radical (unpaired) electrons. The van der Waals surface area contributed by atoms with Crippen molar-refractivity contribution in [3.63, 3.8) is 0 Å². The summed E-state index contributed by atoms with van der Waals surface area (Å²) in [5.41, 5.74) is 0.767. The second-order valence-corrected chi connectivity index (χ2v) is 7.59. The lowest BCUT2D eigenvalue weighted by Gasteiger charge is -2.19. The van der Waals surface area contributed by atoms with Crippen LogP contribution in [0.15, 0.2) is 24.3 Å². The summed E-state index contributed by atoms with van der Waals surface area (Å²) < 4.78 is 44.9. The van der Waals surface area contributed by atoms with Crippen molar-refractivity contribution in [2.75, 3.05) is 12.4 Å². The van der Waals surface area contributed by atoms with Gasteiger partial charge in [0.15, 0.2) is 0 Å². The van der Waals surface area contributed by atoms with E-state index in [2.05, 4.69) is 4.72 Å². The van der Waals surface area contributed by atoms with Gasteiger partial charge in [-0.1, -0.05) is 12.1 Å². The van der Waals surface area contributed by atoms with Gasteiger partial charge >= 0.3 is 5.97 Å². The van der Waals surface area contributed by atoms with Gasteiger partial charge in [-0.25, -0.2) is 17.5 Å². The molecular formula is C16H22FNO4S. The van der Waals surface area contributed by atoms with Crippen LogP contribution in [0.5, 0.6) is 0 Å². The highest BCUT2D eigenvalue weighted by atomic mass is 32.2. The number of hydrogen-bond acceptors (Lipinski definition) is 4. The lowest BCUT2D eigenvalue weighted by Crippen LogP contribution is -2.32. The van der Waals surface area contributed by atoms with E-state index >= 15 is 0 Å². The van der Waals surface area contributed by atoms with Crippen molar-refractivity contribution in [1.82, 2.24) is 4.72 Å². The molecule has 5 nitrogen and oxygen atoms in total. The zero-order valence-corrected chi connectivity index (χ0v) is 13.9. The first-order valence-corrected chi connectivity index (χ1v) is 9.47. The SMILES string of the molecule is CCOC(=O)CCCS(=O)(=O)NC(c1ccc(F)cc1)C1CC1. The summed E-state index contributed by atoms with van der Waals surface area (Å²) in [5.74, 6) is -0.614. The van der Waals surface area contributed by atoms with Gasteiger partial charge < -0.3 is 4.74 Å². The first-order chi connectivity index (χ1) is 10.9. The second-order valence-electron chi connectivity index (χ2n) is 5.71. The van der Waals surface area contributed by atoms with Gasteiger partial charge in [-0.05, 0) is 49.8 Å². The molecule has 1 fully saturated rings. The molecule has 0 spiro atoms. The average Bonchev–Trinajstić information content (AvgIpc) is 3.30. The minimum Gasteiger partial charge on any atom is -0.466 e. The molecule has 0 bridgehead atoms. The number of halogens is 1. The third-order valence-electron chi connectivity index (χ3n) is 3.73. The molecule has 7 heteroatoms. The van der Waals surface area contributed by atoms with Crippen LogP contribution < -0.4 is 4.72 Å². The predicted molar refractivity (Wildman–Crippen MR) is 84.7 cm³/mol. The van der Waals surface area contributed by atoms with Gasteiger partial charge in [0, 0.05) is 12.5 Å². The Bertz CT molecular complexity index is 626. The molecule has 1 aliphatic carbocycles. The van der Waals surface area contributed by atoms with Crippen LogP contribution in [-0.2, 0) is 19.6 Å². The Morgan fingerprint density at radius 3 is 2.57 bits per heavy atom. The van der Waals surface area contributed by atoms with E-state index in [0.29, 0.717) is 0 Å². The monoisotopic (exact) mass is 343 g/mol. The van der Waals surface area contributed by atoms with Crippen molar-refractivity contribution in [1.29, 1.82) is 0 Å². The van der Waals surface area contributed by atoms with E-state index in [1.165, 1.54) is 12.1 Å². The molecule has 1 aromatic rings. The number of carbonyl (C=O) groups is 1. The molecule has 0 heterocycles. The molecule has 0 amide bonds. The molecule has 2 rings (SSSR count). The summed E-state index contributed by atoms with van der Waals surface area (Å²) in [6, 6.07) is 5.56. The molecule has 23 heavy (non-hydrogen) atoms. The van der Waals surface area contributed by atoms with Crippen LogP contribution in [0.3, 0.4) is 0 Å². The fourth-order valence-corrected chi connectivity index (χ4v) is 3.79. The smallest absolute Gasteiger partial charge is 0.305 e. The van der Waals surface area contributed by atoms with Gasteiger partial charge in [0.2, 0.25) is 10.0 Å². The lowest BCUT2D eigenvalue weighted by molar-refractivity contribution is -0.143. The quantitative estimate of drug-likeness (QED) is 0.700. The van der Waals surface area contributed by atoms with Crippen LogP contribution >= 0.6 is 0 Å². The van der Waals surface area contributed by atoms with Crippen LogP contribution in [-0.4, -0.2) is 26.7 Å². The lowest BCUT2D eigenvalue weighted by atomic mass is 10.0. The molecule has 0 saturated heterocycles. The largest absolute Gasteiger partial charge is 0.466 e. The summed E-state index contributed by atoms with van der Waals surface area (Å²) in [6.07, 6.45) is 2.20. The van der Waals surface area contributed by atoms with Crippen LogP contribution in [0.2, 0.25) is 0 Å². The minimum absolute atomic E-state index is 0.0827. The van der Waals surface area contributed by atoms with Crippen molar-refractivity contribution in [3.8, 4) is 0 Å². The highest BCUT2D eigenvalue weighted by Gasteiger charge is 2.34. The van der Waals surface area contributed by atoms with Crippen molar-refractivity contribution in [2.45, 2.75) is 38.6 Å². The Morgan fingerprint density at radius 2 is 2.00 bits per heavy atom. The summed E-state index contributed by atoms with van der Waals surface area (Å²) in [7, 11) is -3.51. The third-order valence-corrected chi connectivity index (χ3v) is 5.17. The Labute approximate surface area is 136 Å². The van der Waals surface area contributed by atoms with Gasteiger partial charge in [0.05, 0.1) is 12.4 Å². The maximum Gasteiger partial charge on any atom is 0.305 e. The van der Waals surface area contributed by atoms with Crippen LogP contribution in [0.1, 0.15) is 44.2 Å². The number of rotatable bonds is 9. The highest BCUT2D eigenvalue weighted by molar-refractivity contribution is 7.89. The van der Waals surface area contributed by atoms with E-state index in [1.54, 1.807) is 19.1 Å². The van der Waals surface area contributed by atoms with Gasteiger partial charge in [0.25, 0.3) is 0 Å². The summed E-state index contributed by atoms with van der Waals surface area (Å²) in [4.78, 5) is 11.2. The standard InChI is InChI=1S/C16H22FNO4S/c1-2-22-15(19)4-3-11-23(20,21)18-16(12-5-6-12)13-7-9-14(17)10-8-13/h7-10,12,16,18H,2-6,11H2,1H3. The molecule has 1 aliphatic rings. The van der Waals surface area contributed by atoms with Crippen molar-refractivity contribution in [2.24, 2.45) is 5.92 Å². The Hall–Kier alpha value is -1.47. The zero-order valence-electron chi connectivity index (χ0n) is 13.1. The number of ether oxygens (including phenoxy) is 1. The Morgan fingerprint density at radius 1 is 1.35 bits per heavy atom. The minimum atomic E-state index is -3.51. The summed E-state index contributed by atoms with van der Waals surface area (Å²) in [6.45, 7) is 2.00. The molecule has 0 aromatic heterocycles. The van der Waals surface area contributed by atoms with Crippen molar-refractivity contribution < 1.29 is 22.3 Å². The highest BCUT2D eigenvalue weighted by Crippen LogP contribution is 2.41. The Kier molecular flexibility index (Phi) is 6.12. The van der Waals surface area contributed by atoms with Gasteiger partial charge in [-0.15, -0.1) is 0 Å². The number of benzene rings is 1. The van der Waals surface area contributed by atoms with Crippen LogP contribution in [0.4, 0.5) is 4.39 Å². The van der Waals surface area contributed by atoms with Gasteiger partial charge in [0.1, 0.15) is 5.82 Å². The average molecular weight is 343 g/mol. The topological polar surface area (TPSA) is 72.5 Å². The molecule has 1 saturated carbocycles. The third kappa shape index (κ3) is 5.91. The predicted octanol–water partition coefficient (Wildman–Crippen LogP) is 2.54. The van der Waals surface area contributed by atoms with E-state index in [0.717, 1.165) is 18.4 Å². The first-order valence-electron chi connectivity index (χ1n) is 7.82. The number of nitrogens with one attached hydrogen (secondary N) is 1. The molecule has 0 aliphatic heterocycles. The van der Waals surface area contributed by atoms with E-state index in [1.807, 2.05) is 0 Å². The Balaban J connectivity index is 1.93. The van der Waals surface area contributed by atoms with E-state index in [-0.39, 0.29) is 48.9 Å². The molecule has 1 unspecified atom stereocenters. The maximum atomic E-state index is 13.0. The fourth-order valence-electron chi connectivity index (χ4n) is 2.43. The second kappa shape index (κ2) is 7.88. The van der Waals surface area contributed by atoms with Gasteiger partial charge in [-0.3, -0.25) is 4.79 Å². The molecule has 1 atom stereocenters. The zero-order chi connectivity index (χ0) is 16.9. The van der Waals surface area contributed by atoms with E-state index in [9.17, 15) is 17.6 Å². The van der Waals surface area contributed by atoms with Crippen LogP contribution in [0, 0.1) is 11.7 Å². The number of hydrogen-bond donors (Lipinski definition) is 1. The van der Waals surface area contributed by atoms with Crippen molar-refractivity contribution in [3.05, 3.63) is 35.6 Å². The number of esters is 1. The number of carbonyl (C=O) groups excluding carboxylic acids is 1. The van der Waals surface area contributed by atoms with Crippen LogP contribution in [0.25, 0.3) is 0 Å². The first kappa shape index (κ1) is 17.9. The van der Waals surface area contributed by atoms with E-state index < -0.39 is 10.0 Å². The summed E-state index contributed by atoms with van der Waals surface area (Å²) in [5, 5.41) is 0. The molecular weight excluding hydrogens is 321 g/mol. The molecule has 128 valence electrons.